The lowest BCUT2D eigenvalue weighted by molar-refractivity contribution is -0.144. The van der Waals surface area contributed by atoms with Gasteiger partial charge in [0.25, 0.3) is 0 Å². The van der Waals surface area contributed by atoms with E-state index in [1.165, 1.54) is 62.4 Å². The highest BCUT2D eigenvalue weighted by molar-refractivity contribution is 7.55. The molecule has 0 fully saturated rings. The van der Waals surface area contributed by atoms with Crippen LogP contribution in [0.25, 0.3) is 16.7 Å². The Kier molecular flexibility index (Phi) is 15.2. The Balaban J connectivity index is 1.20. The molecular formula is C38H50N4O5P+. The number of nitrogens with one attached hydrogen (secondary N) is 1. The lowest BCUT2D eigenvalue weighted by Gasteiger charge is -2.09. The highest BCUT2D eigenvalue weighted by Crippen LogP contribution is 2.47. The van der Waals surface area contributed by atoms with E-state index in [4.69, 9.17) is 4.74 Å². The summed E-state index contributed by atoms with van der Waals surface area (Å²) >= 11 is 0. The molecule has 4 rings (SSSR count). The van der Waals surface area contributed by atoms with Crippen molar-refractivity contribution >= 4 is 30.7 Å². The van der Waals surface area contributed by atoms with Crippen molar-refractivity contribution in [1.29, 1.82) is 0 Å². The second kappa shape index (κ2) is 19.8. The first-order valence-electron chi connectivity index (χ1n) is 17.6. The molecule has 2 aromatic carbocycles. The van der Waals surface area contributed by atoms with Gasteiger partial charge in [-0.05, 0) is 25.5 Å². The van der Waals surface area contributed by atoms with Crippen LogP contribution in [0.15, 0.2) is 65.0 Å². The van der Waals surface area contributed by atoms with Crippen LogP contribution >= 0.6 is 7.80 Å². The summed E-state index contributed by atoms with van der Waals surface area (Å²) < 4.78 is 20.2. The van der Waals surface area contributed by atoms with Crippen molar-refractivity contribution in [3.8, 4) is 11.4 Å². The lowest BCUT2D eigenvalue weighted by atomic mass is 10.1. The lowest BCUT2D eigenvalue weighted by Crippen LogP contribution is -2.25. The third-order valence-corrected chi connectivity index (χ3v) is 10.3. The van der Waals surface area contributed by atoms with Crippen molar-refractivity contribution in [2.75, 3.05) is 11.9 Å². The van der Waals surface area contributed by atoms with E-state index in [0.717, 1.165) is 30.4 Å². The normalized spacial score (nSPS) is 12.6. The van der Waals surface area contributed by atoms with Crippen LogP contribution in [0.5, 0.6) is 0 Å². The molecule has 0 saturated heterocycles. The Morgan fingerprint density at radius 3 is 2.21 bits per heavy atom. The van der Waals surface area contributed by atoms with Gasteiger partial charge in [0.05, 0.1) is 19.6 Å². The third-order valence-electron chi connectivity index (χ3n) is 8.55. The minimum Gasteiger partial charge on any atom is -0.466 e. The summed E-state index contributed by atoms with van der Waals surface area (Å²) in [5, 5.41) is 3.40. The second-order valence-corrected chi connectivity index (χ2v) is 14.1. The summed E-state index contributed by atoms with van der Waals surface area (Å²) in [7, 11) is -1.83. The molecule has 1 atom stereocenters. The van der Waals surface area contributed by atoms with Crippen LogP contribution < -0.4 is 11.0 Å². The third kappa shape index (κ3) is 11.6. The molecule has 1 aromatic heterocycles. The number of amides is 1. The standard InChI is InChI=1S/C38H49N4O5P/c1-3-4-5-6-7-8-9-10-11-12-13-17-25-47-34(44)24-23-33(43)39-32-22-18-21-31(26-32)36-40-37-35(29(2)27-42(37)38(45)41-36)48(46)28-30-19-15-14-16-20-30/h14-16,18-22,26H,3-13,17,23-25,27-28H2,1-2H3/p+1. The Labute approximate surface area is 285 Å². The van der Waals surface area contributed by atoms with Crippen molar-refractivity contribution in [2.45, 2.75) is 116 Å². The number of ether oxygens (including phenoxy) is 1. The number of esters is 1. The number of hydrogen-bond acceptors (Lipinski definition) is 7. The van der Waals surface area contributed by atoms with E-state index >= 15 is 0 Å². The SMILES string of the molecule is CCCCCCCCCCCCCCOC(=O)CCC(=O)Nc1cccc(-c2nc3n(c(=O)n2)CC(C)=C3[P+](=O)Cc2ccccc2)c1. The first kappa shape index (κ1) is 36.9. The molecule has 1 aliphatic rings. The average Bonchev–Trinajstić information content (AvgIpc) is 3.43. The van der Waals surface area contributed by atoms with E-state index in [2.05, 4.69) is 22.2 Å². The zero-order chi connectivity index (χ0) is 34.1. The Morgan fingerprint density at radius 1 is 0.854 bits per heavy atom. The fourth-order valence-corrected chi connectivity index (χ4v) is 7.50. The van der Waals surface area contributed by atoms with E-state index in [0.29, 0.717) is 41.7 Å². The first-order chi connectivity index (χ1) is 23.4. The number of benzene rings is 2. The maximum absolute atomic E-state index is 13.4. The van der Waals surface area contributed by atoms with Crippen molar-refractivity contribution < 1.29 is 18.9 Å². The quantitative estimate of drug-likeness (QED) is 0.0680. The molecule has 48 heavy (non-hydrogen) atoms. The topological polar surface area (TPSA) is 120 Å². The van der Waals surface area contributed by atoms with Gasteiger partial charge >= 0.3 is 19.5 Å². The molecule has 0 bridgehead atoms. The molecule has 1 unspecified atom stereocenters. The molecule has 1 N–H and O–H groups in total. The van der Waals surface area contributed by atoms with Gasteiger partial charge < -0.3 is 10.1 Å². The van der Waals surface area contributed by atoms with Crippen molar-refractivity contribution in [1.82, 2.24) is 14.5 Å². The van der Waals surface area contributed by atoms with E-state index in [9.17, 15) is 18.9 Å². The number of carbonyl (C=O) groups is 2. The zero-order valence-corrected chi connectivity index (χ0v) is 29.4. The summed E-state index contributed by atoms with van der Waals surface area (Å²) in [6, 6.07) is 16.5. The van der Waals surface area contributed by atoms with Gasteiger partial charge in [-0.3, -0.25) is 14.2 Å². The largest absolute Gasteiger partial charge is 0.466 e. The van der Waals surface area contributed by atoms with Gasteiger partial charge in [0.1, 0.15) is 0 Å². The maximum Gasteiger partial charge on any atom is 0.385 e. The van der Waals surface area contributed by atoms with Crippen LogP contribution in [-0.4, -0.2) is 33.0 Å². The molecule has 3 aromatic rings. The molecule has 1 aliphatic heterocycles. The molecule has 0 spiro atoms. The number of unbranched alkanes of at least 4 members (excludes halogenated alkanes) is 11. The minimum atomic E-state index is -1.83. The molecular weight excluding hydrogens is 623 g/mol. The summed E-state index contributed by atoms with van der Waals surface area (Å²) in [4.78, 5) is 46.6. The van der Waals surface area contributed by atoms with Crippen LogP contribution in [0.2, 0.25) is 0 Å². The monoisotopic (exact) mass is 673 g/mol. The Bertz CT molecular complexity index is 1620. The number of fused-ring (bicyclic) bond motifs is 1. The van der Waals surface area contributed by atoms with E-state index < -0.39 is 13.5 Å². The van der Waals surface area contributed by atoms with E-state index in [-0.39, 0.29) is 30.5 Å². The zero-order valence-electron chi connectivity index (χ0n) is 28.5. The van der Waals surface area contributed by atoms with Crippen molar-refractivity contribution in [3.05, 3.63) is 82.0 Å². The molecule has 0 aliphatic carbocycles. The van der Waals surface area contributed by atoms with Crippen LogP contribution in [0.3, 0.4) is 0 Å². The van der Waals surface area contributed by atoms with Gasteiger partial charge in [-0.1, -0.05) is 125 Å². The Hall–Kier alpha value is -3.97. The van der Waals surface area contributed by atoms with Gasteiger partial charge in [0.15, 0.2) is 17.8 Å². The highest BCUT2D eigenvalue weighted by Gasteiger charge is 2.37. The molecule has 1 amide bonds. The van der Waals surface area contributed by atoms with Crippen LogP contribution in [0, 0.1) is 0 Å². The number of hydrogen-bond donors (Lipinski definition) is 1. The van der Waals surface area contributed by atoms with Crippen molar-refractivity contribution in [3.63, 3.8) is 0 Å². The van der Waals surface area contributed by atoms with Gasteiger partial charge in [0, 0.05) is 28.8 Å². The highest BCUT2D eigenvalue weighted by atomic mass is 31.1. The summed E-state index contributed by atoms with van der Waals surface area (Å²) in [6.07, 6.45) is 15.3. The molecule has 9 nitrogen and oxygen atoms in total. The number of rotatable bonds is 21. The fraction of sp³-hybridized carbons (Fsp3) is 0.500. The number of allylic oxidation sites excluding steroid dienone is 1. The average molecular weight is 674 g/mol. The van der Waals surface area contributed by atoms with Crippen LogP contribution in [-0.2, 0) is 31.6 Å². The number of aromatic nitrogens is 3. The van der Waals surface area contributed by atoms with Gasteiger partial charge in [-0.15, -0.1) is 0 Å². The summed E-state index contributed by atoms with van der Waals surface area (Å²) in [5.74, 6) is -0.128. The number of anilines is 1. The fourth-order valence-electron chi connectivity index (χ4n) is 5.91. The predicted octanol–water partition coefficient (Wildman–Crippen LogP) is 9.04. The Morgan fingerprint density at radius 2 is 1.52 bits per heavy atom. The van der Waals surface area contributed by atoms with Gasteiger partial charge in [0.2, 0.25) is 11.2 Å². The van der Waals surface area contributed by atoms with Crippen LogP contribution in [0.4, 0.5) is 5.69 Å². The molecule has 256 valence electrons. The molecule has 10 heteroatoms. The van der Waals surface area contributed by atoms with E-state index in [1.54, 1.807) is 24.3 Å². The molecule has 0 saturated carbocycles. The molecule has 2 heterocycles. The second-order valence-electron chi connectivity index (χ2n) is 12.6. The van der Waals surface area contributed by atoms with Crippen LogP contribution in [0.1, 0.15) is 115 Å². The maximum atomic E-state index is 13.4. The summed E-state index contributed by atoms with van der Waals surface area (Å²) in [5.41, 5.74) is 2.35. The minimum absolute atomic E-state index is 0.0000920. The van der Waals surface area contributed by atoms with E-state index in [1.807, 2.05) is 37.3 Å². The number of nitrogens with zero attached hydrogens (tertiary/aromatic N) is 3. The van der Waals surface area contributed by atoms with Crippen molar-refractivity contribution in [2.24, 2.45) is 0 Å². The summed E-state index contributed by atoms with van der Waals surface area (Å²) in [6.45, 7) is 4.80. The number of carbonyl (C=O) groups excluding carboxylic acids is 2. The van der Waals surface area contributed by atoms with Gasteiger partial charge in [-0.25, -0.2) is 9.78 Å². The smallest absolute Gasteiger partial charge is 0.385 e. The first-order valence-corrected chi connectivity index (χ1v) is 19.0. The predicted molar refractivity (Wildman–Crippen MR) is 192 cm³/mol. The van der Waals surface area contributed by atoms with Gasteiger partial charge in [-0.2, -0.15) is 4.98 Å². The molecule has 0 radical (unpaired) electrons.